The van der Waals surface area contributed by atoms with Gasteiger partial charge >= 0.3 is 0 Å². The highest BCUT2D eigenvalue weighted by Gasteiger charge is 2.18. The molecule has 0 aliphatic carbocycles. The molecular weight excluding hydrogens is 274 g/mol. The Morgan fingerprint density at radius 2 is 2.22 bits per heavy atom. The van der Waals surface area contributed by atoms with Gasteiger partial charge < -0.3 is 5.73 Å². The average Bonchev–Trinajstić information content (AvgIpc) is 2.35. The van der Waals surface area contributed by atoms with Crippen molar-refractivity contribution in [1.82, 2.24) is 4.72 Å². The first kappa shape index (κ1) is 14.9. The fraction of sp³-hybridized carbons (Fsp3) is 0.364. The highest BCUT2D eigenvalue weighted by molar-refractivity contribution is 7.89. The van der Waals surface area contributed by atoms with Crippen LogP contribution < -0.4 is 10.5 Å². The quantitative estimate of drug-likeness (QED) is 0.851. The summed E-state index contributed by atoms with van der Waals surface area (Å²) in [5.74, 6) is 0. The topological polar surface area (TPSA) is 96.0 Å². The van der Waals surface area contributed by atoms with Gasteiger partial charge in [0.2, 0.25) is 10.0 Å². The summed E-state index contributed by atoms with van der Waals surface area (Å²) in [6.07, 6.45) is 0.670. The van der Waals surface area contributed by atoms with Gasteiger partial charge in [-0.25, -0.2) is 13.1 Å². The molecule has 0 spiro atoms. The second kappa shape index (κ2) is 6.16. The summed E-state index contributed by atoms with van der Waals surface area (Å²) in [5, 5.41) is 8.69. The maximum atomic E-state index is 11.9. The molecule has 0 radical (unpaired) electrons. The molecule has 0 heterocycles. The number of nitriles is 1. The van der Waals surface area contributed by atoms with Gasteiger partial charge in [0.1, 0.15) is 4.90 Å². The van der Waals surface area contributed by atoms with Gasteiger partial charge in [-0.2, -0.15) is 5.26 Å². The first-order valence-corrected chi connectivity index (χ1v) is 7.21. The maximum Gasteiger partial charge on any atom is 0.242 e. The Morgan fingerprint density at radius 1 is 1.56 bits per heavy atom. The molecule has 3 N–H and O–H groups in total. The number of hydrogen-bond acceptors (Lipinski definition) is 4. The zero-order valence-electron chi connectivity index (χ0n) is 9.85. The van der Waals surface area contributed by atoms with Gasteiger partial charge in [0.15, 0.2) is 0 Å². The molecule has 1 atom stereocenters. The van der Waals surface area contributed by atoms with E-state index in [1.54, 1.807) is 0 Å². The van der Waals surface area contributed by atoms with Crippen LogP contribution in [0, 0.1) is 11.3 Å². The predicted molar refractivity (Wildman–Crippen MR) is 69.6 cm³/mol. The monoisotopic (exact) mass is 287 g/mol. The minimum absolute atomic E-state index is 0.0200. The van der Waals surface area contributed by atoms with E-state index in [0.29, 0.717) is 12.0 Å². The molecule has 18 heavy (non-hydrogen) atoms. The molecule has 7 heteroatoms. The van der Waals surface area contributed by atoms with Crippen LogP contribution >= 0.6 is 11.6 Å². The lowest BCUT2D eigenvalue weighted by Crippen LogP contribution is -2.36. The number of nitrogens with one attached hydrogen (secondary N) is 1. The van der Waals surface area contributed by atoms with Crippen LogP contribution in [0.25, 0.3) is 0 Å². The predicted octanol–water partition coefficient (Wildman–Crippen LogP) is 1.23. The van der Waals surface area contributed by atoms with Crippen molar-refractivity contribution >= 4 is 21.6 Å². The Balaban J connectivity index is 2.96. The SMILES string of the molecule is CCC(N)CNS(=O)(=O)c1ccc(C#N)cc1Cl. The Labute approximate surface area is 112 Å². The van der Waals surface area contributed by atoms with Crippen molar-refractivity contribution in [3.8, 4) is 6.07 Å². The summed E-state index contributed by atoms with van der Waals surface area (Å²) < 4.78 is 26.3. The molecule has 0 aromatic heterocycles. The minimum atomic E-state index is -3.69. The molecule has 1 aromatic carbocycles. The molecule has 0 amide bonds. The van der Waals surface area contributed by atoms with Gasteiger partial charge in [-0.05, 0) is 24.6 Å². The molecule has 1 unspecified atom stereocenters. The Hall–Kier alpha value is -1.13. The molecule has 1 aromatic rings. The third kappa shape index (κ3) is 3.68. The van der Waals surface area contributed by atoms with E-state index in [0.717, 1.165) is 0 Å². The van der Waals surface area contributed by atoms with Crippen LogP contribution in [0.1, 0.15) is 18.9 Å². The smallest absolute Gasteiger partial charge is 0.242 e. The first-order valence-electron chi connectivity index (χ1n) is 5.35. The van der Waals surface area contributed by atoms with E-state index in [1.165, 1.54) is 18.2 Å². The minimum Gasteiger partial charge on any atom is -0.327 e. The molecule has 0 bridgehead atoms. The Kier molecular flexibility index (Phi) is 5.11. The number of halogens is 1. The average molecular weight is 288 g/mol. The van der Waals surface area contributed by atoms with Crippen molar-refractivity contribution in [3.05, 3.63) is 28.8 Å². The summed E-state index contributed by atoms with van der Waals surface area (Å²) >= 11 is 5.84. The van der Waals surface area contributed by atoms with E-state index in [9.17, 15) is 8.42 Å². The van der Waals surface area contributed by atoms with Crippen LogP contribution in [0.15, 0.2) is 23.1 Å². The number of nitrogens with zero attached hydrogens (tertiary/aromatic N) is 1. The van der Waals surface area contributed by atoms with Crippen molar-refractivity contribution in [2.24, 2.45) is 5.73 Å². The van der Waals surface area contributed by atoms with E-state index in [2.05, 4.69) is 4.72 Å². The number of nitrogens with two attached hydrogens (primary N) is 1. The zero-order valence-corrected chi connectivity index (χ0v) is 11.4. The van der Waals surface area contributed by atoms with Gasteiger partial charge in [-0.15, -0.1) is 0 Å². The highest BCUT2D eigenvalue weighted by atomic mass is 35.5. The van der Waals surface area contributed by atoms with E-state index in [-0.39, 0.29) is 22.5 Å². The lowest BCUT2D eigenvalue weighted by molar-refractivity contribution is 0.564. The van der Waals surface area contributed by atoms with Crippen LogP contribution in [-0.4, -0.2) is 21.0 Å². The van der Waals surface area contributed by atoms with E-state index in [1.807, 2.05) is 13.0 Å². The number of benzene rings is 1. The summed E-state index contributed by atoms with van der Waals surface area (Å²) in [7, 11) is -3.69. The molecule has 0 aliphatic rings. The van der Waals surface area contributed by atoms with Crippen LogP contribution in [0.4, 0.5) is 0 Å². The summed E-state index contributed by atoms with van der Waals surface area (Å²) in [5.41, 5.74) is 5.95. The standard InChI is InChI=1S/C11H14ClN3O2S/c1-2-9(14)7-15-18(16,17)11-4-3-8(6-13)5-10(11)12/h3-5,9,15H,2,7,14H2,1H3. The van der Waals surface area contributed by atoms with Gasteiger partial charge in [-0.1, -0.05) is 18.5 Å². The van der Waals surface area contributed by atoms with Crippen molar-refractivity contribution in [1.29, 1.82) is 5.26 Å². The fourth-order valence-corrected chi connectivity index (χ4v) is 2.86. The molecule has 0 saturated carbocycles. The summed E-state index contributed by atoms with van der Waals surface area (Å²) in [4.78, 5) is -0.0496. The Bertz CT molecular complexity index is 566. The molecule has 5 nitrogen and oxygen atoms in total. The van der Waals surface area contributed by atoms with Crippen LogP contribution in [-0.2, 0) is 10.0 Å². The Morgan fingerprint density at radius 3 is 2.72 bits per heavy atom. The van der Waals surface area contributed by atoms with E-state index >= 15 is 0 Å². The van der Waals surface area contributed by atoms with Crippen molar-refractivity contribution in [2.75, 3.05) is 6.54 Å². The number of sulfonamides is 1. The van der Waals surface area contributed by atoms with Crippen molar-refractivity contribution in [3.63, 3.8) is 0 Å². The van der Waals surface area contributed by atoms with Gasteiger partial charge in [0.05, 0.1) is 16.7 Å². The number of hydrogen-bond donors (Lipinski definition) is 2. The van der Waals surface area contributed by atoms with Gasteiger partial charge in [0.25, 0.3) is 0 Å². The fourth-order valence-electron chi connectivity index (χ4n) is 1.23. The summed E-state index contributed by atoms with van der Waals surface area (Å²) in [6, 6.07) is 5.67. The second-order valence-corrected chi connectivity index (χ2v) is 5.92. The first-order chi connectivity index (χ1) is 8.40. The zero-order chi connectivity index (χ0) is 13.8. The third-order valence-corrected chi connectivity index (χ3v) is 4.32. The maximum absolute atomic E-state index is 11.9. The van der Waals surface area contributed by atoms with Crippen molar-refractivity contribution < 1.29 is 8.42 Å². The highest BCUT2D eigenvalue weighted by Crippen LogP contribution is 2.22. The van der Waals surface area contributed by atoms with Crippen LogP contribution in [0.2, 0.25) is 5.02 Å². The third-order valence-electron chi connectivity index (χ3n) is 2.41. The van der Waals surface area contributed by atoms with E-state index < -0.39 is 10.0 Å². The van der Waals surface area contributed by atoms with Crippen LogP contribution in [0.5, 0.6) is 0 Å². The largest absolute Gasteiger partial charge is 0.327 e. The van der Waals surface area contributed by atoms with Gasteiger partial charge in [0, 0.05) is 12.6 Å². The molecule has 0 aliphatic heterocycles. The number of rotatable bonds is 5. The molecular formula is C11H14ClN3O2S. The van der Waals surface area contributed by atoms with Crippen LogP contribution in [0.3, 0.4) is 0 Å². The molecule has 1 rings (SSSR count). The molecule has 98 valence electrons. The molecule has 0 fully saturated rings. The molecule has 0 saturated heterocycles. The second-order valence-electron chi connectivity index (χ2n) is 3.78. The lowest BCUT2D eigenvalue weighted by atomic mass is 10.2. The summed E-state index contributed by atoms with van der Waals surface area (Å²) in [6.45, 7) is 2.02. The van der Waals surface area contributed by atoms with Crippen molar-refractivity contribution in [2.45, 2.75) is 24.3 Å². The normalized spacial score (nSPS) is 13.0. The lowest BCUT2D eigenvalue weighted by Gasteiger charge is -2.11. The van der Waals surface area contributed by atoms with E-state index in [4.69, 9.17) is 22.6 Å². The van der Waals surface area contributed by atoms with Gasteiger partial charge in [-0.3, -0.25) is 0 Å².